The van der Waals surface area contributed by atoms with Crippen LogP contribution >= 0.6 is 11.3 Å². The summed E-state index contributed by atoms with van der Waals surface area (Å²) in [6, 6.07) is 25.4. The molecule has 2 N–H and O–H groups in total. The number of urea groups is 1. The molecule has 0 aliphatic carbocycles. The molecule has 46 heavy (non-hydrogen) atoms. The fourth-order valence-electron chi connectivity index (χ4n) is 4.67. The lowest BCUT2D eigenvalue weighted by Gasteiger charge is -2.33. The first-order valence-electron chi connectivity index (χ1n) is 13.8. The first-order chi connectivity index (χ1) is 22.2. The number of amides is 4. The van der Waals surface area contributed by atoms with Gasteiger partial charge in [-0.2, -0.15) is 13.4 Å². The number of nitrogens with zero attached hydrogens (tertiary/aromatic N) is 5. The van der Waals surface area contributed by atoms with Crippen LogP contribution in [0.1, 0.15) is 17.2 Å². The van der Waals surface area contributed by atoms with Gasteiger partial charge in [0.2, 0.25) is 4.34 Å². The molecule has 0 spiro atoms. The number of carbonyl (C=O) groups excluding carboxylic acids is 3. The number of hydrogen-bond donors (Lipinski definition) is 2. The van der Waals surface area contributed by atoms with Crippen molar-refractivity contribution in [1.82, 2.24) is 29.3 Å². The number of hydrogen-bond acceptors (Lipinski definition) is 10. The van der Waals surface area contributed by atoms with Crippen LogP contribution in [0, 0.1) is 0 Å². The second-order valence-electron chi connectivity index (χ2n) is 9.94. The van der Waals surface area contributed by atoms with Gasteiger partial charge >= 0.3 is 17.8 Å². The molecule has 234 valence electrons. The number of fused-ring (bicyclic) bond motifs is 1. The number of sulfonamides is 1. The van der Waals surface area contributed by atoms with Crippen LogP contribution in [-0.2, 0) is 26.1 Å². The van der Waals surface area contributed by atoms with Gasteiger partial charge in [-0.3, -0.25) is 14.7 Å². The number of aromatic nitrogens is 3. The Morgan fingerprint density at radius 3 is 2.17 bits per heavy atom. The normalized spacial score (nSPS) is 13.5. The quantitative estimate of drug-likeness (QED) is 0.253. The topological polar surface area (TPSA) is 173 Å². The lowest BCUT2D eigenvalue weighted by Crippen LogP contribution is -2.61. The van der Waals surface area contributed by atoms with Crippen molar-refractivity contribution >= 4 is 55.4 Å². The summed E-state index contributed by atoms with van der Waals surface area (Å²) in [5.41, 5.74) is 3.38. The van der Waals surface area contributed by atoms with E-state index in [2.05, 4.69) is 20.7 Å². The molecular weight excluding hydrogens is 635 g/mol. The Morgan fingerprint density at radius 2 is 1.54 bits per heavy atom. The number of nitrogens with one attached hydrogen (secondary N) is 2. The maximum absolute atomic E-state index is 13.1. The van der Waals surface area contributed by atoms with Gasteiger partial charge in [0.05, 0.1) is 23.3 Å². The van der Waals surface area contributed by atoms with Gasteiger partial charge < -0.3 is 4.74 Å². The van der Waals surface area contributed by atoms with Crippen molar-refractivity contribution in [3.63, 3.8) is 0 Å². The van der Waals surface area contributed by atoms with Crippen LogP contribution in [0.4, 0.5) is 15.4 Å². The second kappa shape index (κ2) is 12.8. The minimum absolute atomic E-state index is 0.0967. The van der Waals surface area contributed by atoms with Gasteiger partial charge in [0.25, 0.3) is 15.9 Å². The van der Waals surface area contributed by atoms with Crippen molar-refractivity contribution in [3.05, 3.63) is 119 Å². The van der Waals surface area contributed by atoms with E-state index in [9.17, 15) is 27.6 Å². The van der Waals surface area contributed by atoms with Crippen LogP contribution in [-0.4, -0.2) is 63.4 Å². The zero-order chi connectivity index (χ0) is 32.3. The van der Waals surface area contributed by atoms with Gasteiger partial charge in [0, 0.05) is 6.20 Å². The van der Waals surface area contributed by atoms with Crippen LogP contribution in [0.15, 0.2) is 106 Å². The smallest absolute Gasteiger partial charge is 0.413 e. The van der Waals surface area contributed by atoms with Gasteiger partial charge in [-0.05, 0) is 29.3 Å². The van der Waals surface area contributed by atoms with Crippen LogP contribution in [0.5, 0.6) is 0 Å². The molecule has 6 rings (SSSR count). The van der Waals surface area contributed by atoms with E-state index < -0.39 is 46.4 Å². The molecule has 0 radical (unpaired) electrons. The van der Waals surface area contributed by atoms with E-state index in [0.717, 1.165) is 32.0 Å². The third-order valence-electron chi connectivity index (χ3n) is 6.91. The summed E-state index contributed by atoms with van der Waals surface area (Å²) in [6.07, 6.45) is -0.309. The van der Waals surface area contributed by atoms with E-state index in [4.69, 9.17) is 4.74 Å². The lowest BCUT2D eigenvalue weighted by atomic mass is 10.0. The predicted octanol–water partition coefficient (Wildman–Crippen LogP) is 3.35. The molecule has 1 aliphatic rings. The molecule has 5 aromatic rings. The number of anilines is 1. The van der Waals surface area contributed by atoms with Crippen LogP contribution in [0.3, 0.4) is 0 Å². The van der Waals surface area contributed by atoms with Crippen LogP contribution in [0.2, 0.25) is 0 Å². The fourth-order valence-corrected chi connectivity index (χ4v) is 7.31. The Balaban J connectivity index is 1.07. The molecule has 0 bridgehead atoms. The number of hydrazine groups is 1. The number of carbonyl (C=O) groups is 3. The summed E-state index contributed by atoms with van der Waals surface area (Å²) >= 11 is 0.935. The molecule has 3 heterocycles. The van der Waals surface area contributed by atoms with Gasteiger partial charge in [-0.25, -0.2) is 34.1 Å². The van der Waals surface area contributed by atoms with Crippen molar-refractivity contribution in [2.24, 2.45) is 0 Å². The molecule has 0 atom stereocenters. The number of para-hydroxylation sites is 1. The minimum atomic E-state index is -4.26. The van der Waals surface area contributed by atoms with Gasteiger partial charge in [0.15, 0.2) is 6.10 Å². The highest BCUT2D eigenvalue weighted by atomic mass is 32.2. The highest BCUT2D eigenvalue weighted by Gasteiger charge is 2.37. The van der Waals surface area contributed by atoms with Gasteiger partial charge in [-0.15, -0.1) is 11.3 Å². The largest absolute Gasteiger partial charge is 0.436 e. The Morgan fingerprint density at radius 1 is 0.891 bits per heavy atom. The summed E-state index contributed by atoms with van der Waals surface area (Å²) in [5.74, 6) is -0.788. The van der Waals surface area contributed by atoms with Crippen molar-refractivity contribution in [1.29, 1.82) is 0 Å². The number of benzene rings is 3. The molecule has 0 saturated carbocycles. The third kappa shape index (κ3) is 6.43. The average Bonchev–Trinajstić information content (AvgIpc) is 3.51. The van der Waals surface area contributed by atoms with Gasteiger partial charge in [0.1, 0.15) is 12.4 Å². The Bertz CT molecular complexity index is 2010. The summed E-state index contributed by atoms with van der Waals surface area (Å²) in [6.45, 7) is -1.00. The summed E-state index contributed by atoms with van der Waals surface area (Å²) in [4.78, 5) is 59.1. The maximum atomic E-state index is 13.1. The molecular formula is C30H25N7O7S2. The zero-order valence-corrected chi connectivity index (χ0v) is 25.5. The Hall–Kier alpha value is -5.61. The van der Waals surface area contributed by atoms with E-state index in [1.165, 1.54) is 12.3 Å². The Labute approximate surface area is 265 Å². The first-order valence-corrected chi connectivity index (χ1v) is 16.1. The molecule has 4 amide bonds. The zero-order valence-electron chi connectivity index (χ0n) is 23.8. The van der Waals surface area contributed by atoms with Crippen molar-refractivity contribution in [3.8, 4) is 0 Å². The summed E-state index contributed by atoms with van der Waals surface area (Å²) < 4.78 is 33.9. The van der Waals surface area contributed by atoms with E-state index in [1.54, 1.807) is 24.3 Å². The maximum Gasteiger partial charge on any atom is 0.413 e. The minimum Gasteiger partial charge on any atom is -0.436 e. The van der Waals surface area contributed by atoms with Gasteiger partial charge in [-0.1, -0.05) is 72.8 Å². The molecule has 1 fully saturated rings. The number of thiazole rings is 1. The third-order valence-corrected chi connectivity index (χ3v) is 10.1. The molecule has 1 aliphatic heterocycles. The van der Waals surface area contributed by atoms with E-state index in [-0.39, 0.29) is 23.2 Å². The molecule has 3 aromatic carbocycles. The van der Waals surface area contributed by atoms with E-state index >= 15 is 0 Å². The molecule has 0 unspecified atom stereocenters. The molecule has 2 aromatic heterocycles. The average molecular weight is 660 g/mol. The first kappa shape index (κ1) is 30.4. The van der Waals surface area contributed by atoms with Crippen LogP contribution < -0.4 is 16.4 Å². The predicted molar refractivity (Wildman–Crippen MR) is 167 cm³/mol. The Kier molecular flexibility index (Phi) is 8.45. The van der Waals surface area contributed by atoms with Crippen LogP contribution in [0.25, 0.3) is 10.2 Å². The highest BCUT2D eigenvalue weighted by Crippen LogP contribution is 2.28. The van der Waals surface area contributed by atoms with Crippen molar-refractivity contribution < 1.29 is 27.5 Å². The van der Waals surface area contributed by atoms with E-state index in [1.807, 2.05) is 60.7 Å². The number of rotatable bonds is 8. The fraction of sp³-hybridized carbons (Fsp3) is 0.133. The SMILES string of the molecule is O=C(Nc1ccn(CC(=O)N2CCN(S(=O)(=O)c3nc4ccccc4s3)C(=O)N2)c(=O)n1)OC(c1ccccc1)c1ccccc1. The second-order valence-corrected chi connectivity index (χ2v) is 13.0. The van der Waals surface area contributed by atoms with Crippen molar-refractivity contribution in [2.45, 2.75) is 17.0 Å². The summed E-state index contributed by atoms with van der Waals surface area (Å²) in [7, 11) is -4.26. The molecule has 1 saturated heterocycles. The molecule has 14 nitrogen and oxygen atoms in total. The standard InChI is InChI=1S/C30H25N7O7S2/c38-25(36-17-18-37(28(40)34-36)46(42,43)30-31-22-13-7-8-14-23(22)45-30)19-35-16-15-24(32-27(35)39)33-29(41)44-26(20-9-3-1-4-10-20)21-11-5-2-6-12-21/h1-16,26H,17-19H2,(H,34,40)(H,32,33,39,41). The monoisotopic (exact) mass is 659 g/mol. The van der Waals surface area contributed by atoms with Crippen molar-refractivity contribution in [2.75, 3.05) is 18.4 Å². The molecule has 16 heteroatoms. The highest BCUT2D eigenvalue weighted by molar-refractivity contribution is 7.91. The summed E-state index contributed by atoms with van der Waals surface area (Å²) in [5, 5.41) is 3.37. The number of ether oxygens (including phenoxy) is 1. The van der Waals surface area contributed by atoms with E-state index in [0.29, 0.717) is 14.5 Å². The lowest BCUT2D eigenvalue weighted by molar-refractivity contribution is -0.135.